The van der Waals surface area contributed by atoms with E-state index < -0.39 is 0 Å². The molecule has 0 saturated carbocycles. The molecule has 2 rings (SSSR count). The van der Waals surface area contributed by atoms with Crippen LogP contribution in [0.2, 0.25) is 0 Å². The van der Waals surface area contributed by atoms with Crippen LogP contribution >= 0.6 is 31.9 Å². The molecule has 0 fully saturated rings. The number of benzene rings is 1. The maximum absolute atomic E-state index is 11.6. The summed E-state index contributed by atoms with van der Waals surface area (Å²) < 4.78 is 8.93. The molecule has 0 aliphatic carbocycles. The quantitative estimate of drug-likeness (QED) is 0.877. The Hall–Kier alpha value is -1.27. The second kappa shape index (κ2) is 6.25. The van der Waals surface area contributed by atoms with Crippen LogP contribution in [-0.2, 0) is 6.54 Å². The van der Waals surface area contributed by atoms with Crippen molar-refractivity contribution in [2.24, 2.45) is 0 Å². The maximum atomic E-state index is 11.6. The van der Waals surface area contributed by atoms with Crippen LogP contribution in [0.15, 0.2) is 50.3 Å². The summed E-state index contributed by atoms with van der Waals surface area (Å²) in [6, 6.07) is 8.73. The standard InChI is InChI=1S/C13H12Br2N2O2/c14-10-2-1-3-11(15)13(10)19-7-6-17-8-9(16)4-5-12(17)18/h1-5,8H,6-7,16H2. The van der Waals surface area contributed by atoms with Crippen LogP contribution in [0, 0.1) is 0 Å². The molecule has 0 unspecified atom stereocenters. The molecular weight excluding hydrogens is 376 g/mol. The fourth-order valence-corrected chi connectivity index (χ4v) is 2.82. The van der Waals surface area contributed by atoms with Crippen molar-refractivity contribution in [2.75, 3.05) is 12.3 Å². The molecular formula is C13H12Br2N2O2. The lowest BCUT2D eigenvalue weighted by atomic mass is 10.3. The molecule has 0 aliphatic heterocycles. The lowest BCUT2D eigenvalue weighted by Crippen LogP contribution is -2.22. The number of nitrogens with zero attached hydrogens (tertiary/aromatic N) is 1. The fraction of sp³-hybridized carbons (Fsp3) is 0.154. The Kier molecular flexibility index (Phi) is 4.66. The lowest BCUT2D eigenvalue weighted by Gasteiger charge is -2.11. The first kappa shape index (κ1) is 14.1. The molecule has 0 radical (unpaired) electrons. The molecule has 0 spiro atoms. The number of nitrogen functional groups attached to an aromatic ring is 1. The third-order valence-electron chi connectivity index (χ3n) is 2.50. The molecule has 0 atom stereocenters. The van der Waals surface area contributed by atoms with Crippen LogP contribution in [0.5, 0.6) is 5.75 Å². The Bertz CT molecular complexity index is 621. The summed E-state index contributed by atoms with van der Waals surface area (Å²) in [6.07, 6.45) is 1.61. The highest BCUT2D eigenvalue weighted by Gasteiger charge is 2.05. The van der Waals surface area contributed by atoms with Crippen LogP contribution in [0.3, 0.4) is 0 Å². The van der Waals surface area contributed by atoms with Crippen molar-refractivity contribution < 1.29 is 4.74 Å². The van der Waals surface area contributed by atoms with Crippen molar-refractivity contribution in [2.45, 2.75) is 6.54 Å². The van der Waals surface area contributed by atoms with Gasteiger partial charge in [-0.3, -0.25) is 4.79 Å². The van der Waals surface area contributed by atoms with Crippen LogP contribution in [0.25, 0.3) is 0 Å². The number of hydrogen-bond donors (Lipinski definition) is 1. The first-order chi connectivity index (χ1) is 9.08. The number of hydrogen-bond acceptors (Lipinski definition) is 3. The average molecular weight is 388 g/mol. The maximum Gasteiger partial charge on any atom is 0.250 e. The molecule has 2 N–H and O–H groups in total. The second-order valence-electron chi connectivity index (χ2n) is 3.89. The molecule has 1 aromatic carbocycles. The van der Waals surface area contributed by atoms with Crippen molar-refractivity contribution >= 4 is 37.5 Å². The highest BCUT2D eigenvalue weighted by atomic mass is 79.9. The van der Waals surface area contributed by atoms with E-state index in [0.29, 0.717) is 18.8 Å². The summed E-state index contributed by atoms with van der Waals surface area (Å²) >= 11 is 6.83. The van der Waals surface area contributed by atoms with Crippen molar-refractivity contribution in [3.63, 3.8) is 0 Å². The number of halogens is 2. The van der Waals surface area contributed by atoms with E-state index in [1.165, 1.54) is 10.6 Å². The van der Waals surface area contributed by atoms with Gasteiger partial charge in [0.05, 0.1) is 15.5 Å². The topological polar surface area (TPSA) is 57.2 Å². The Labute approximate surface area is 127 Å². The zero-order valence-corrected chi connectivity index (χ0v) is 13.1. The molecule has 1 heterocycles. The van der Waals surface area contributed by atoms with Gasteiger partial charge in [0.15, 0.2) is 0 Å². The molecule has 19 heavy (non-hydrogen) atoms. The summed E-state index contributed by atoms with van der Waals surface area (Å²) in [4.78, 5) is 11.6. The molecule has 1 aromatic heterocycles. The fourth-order valence-electron chi connectivity index (χ4n) is 1.59. The van der Waals surface area contributed by atoms with Gasteiger partial charge < -0.3 is 15.0 Å². The number of anilines is 1. The Morgan fingerprint density at radius 2 is 1.84 bits per heavy atom. The van der Waals surface area contributed by atoms with Gasteiger partial charge in [0, 0.05) is 18.0 Å². The van der Waals surface area contributed by atoms with E-state index in [4.69, 9.17) is 10.5 Å². The predicted molar refractivity (Wildman–Crippen MR) is 82.5 cm³/mol. The molecule has 100 valence electrons. The number of aromatic nitrogens is 1. The summed E-state index contributed by atoms with van der Waals surface area (Å²) in [7, 11) is 0. The van der Waals surface area contributed by atoms with E-state index in [9.17, 15) is 4.79 Å². The number of para-hydroxylation sites is 1. The van der Waals surface area contributed by atoms with Crippen molar-refractivity contribution in [3.8, 4) is 5.75 Å². The van der Waals surface area contributed by atoms with Crippen LogP contribution in [0.4, 0.5) is 5.69 Å². The Balaban J connectivity index is 2.04. The lowest BCUT2D eigenvalue weighted by molar-refractivity contribution is 0.293. The minimum absolute atomic E-state index is 0.0935. The minimum atomic E-state index is -0.0935. The molecule has 0 amide bonds. The van der Waals surface area contributed by atoms with Gasteiger partial charge in [-0.1, -0.05) is 6.07 Å². The zero-order valence-electron chi connectivity index (χ0n) is 9.98. The van der Waals surface area contributed by atoms with Crippen molar-refractivity contribution in [1.29, 1.82) is 0 Å². The number of pyridine rings is 1. The summed E-state index contributed by atoms with van der Waals surface area (Å²) in [5.74, 6) is 0.722. The smallest absolute Gasteiger partial charge is 0.250 e. The molecule has 2 aromatic rings. The zero-order chi connectivity index (χ0) is 13.8. The third-order valence-corrected chi connectivity index (χ3v) is 3.75. The Morgan fingerprint density at radius 3 is 2.53 bits per heavy atom. The molecule has 0 bridgehead atoms. The van der Waals surface area contributed by atoms with Gasteiger partial charge in [0.1, 0.15) is 12.4 Å². The second-order valence-corrected chi connectivity index (χ2v) is 5.60. The number of rotatable bonds is 4. The van der Waals surface area contributed by atoms with Gasteiger partial charge in [-0.15, -0.1) is 0 Å². The van der Waals surface area contributed by atoms with E-state index in [1.54, 1.807) is 12.3 Å². The highest BCUT2D eigenvalue weighted by Crippen LogP contribution is 2.32. The highest BCUT2D eigenvalue weighted by molar-refractivity contribution is 9.11. The van der Waals surface area contributed by atoms with Crippen LogP contribution < -0.4 is 16.0 Å². The largest absolute Gasteiger partial charge is 0.489 e. The van der Waals surface area contributed by atoms with E-state index in [1.807, 2.05) is 18.2 Å². The first-order valence-electron chi connectivity index (χ1n) is 5.60. The molecule has 4 nitrogen and oxygen atoms in total. The summed E-state index contributed by atoms with van der Waals surface area (Å²) in [6.45, 7) is 0.822. The van der Waals surface area contributed by atoms with Gasteiger partial charge in [-0.25, -0.2) is 0 Å². The van der Waals surface area contributed by atoms with Gasteiger partial charge >= 0.3 is 0 Å². The Morgan fingerprint density at radius 1 is 1.16 bits per heavy atom. The van der Waals surface area contributed by atoms with Crippen LogP contribution in [-0.4, -0.2) is 11.2 Å². The monoisotopic (exact) mass is 386 g/mol. The van der Waals surface area contributed by atoms with Gasteiger partial charge in [-0.2, -0.15) is 0 Å². The van der Waals surface area contributed by atoms with Gasteiger partial charge in [-0.05, 0) is 50.1 Å². The van der Waals surface area contributed by atoms with E-state index in [0.717, 1.165) is 14.7 Å². The third kappa shape index (κ3) is 3.61. The summed E-state index contributed by atoms with van der Waals surface area (Å²) in [5, 5.41) is 0. The molecule has 6 heteroatoms. The summed E-state index contributed by atoms with van der Waals surface area (Å²) in [5.41, 5.74) is 6.11. The average Bonchev–Trinajstić information content (AvgIpc) is 2.37. The SMILES string of the molecule is Nc1ccc(=O)n(CCOc2c(Br)cccc2Br)c1. The normalized spacial score (nSPS) is 10.4. The number of ether oxygens (including phenoxy) is 1. The first-order valence-corrected chi connectivity index (χ1v) is 7.19. The number of nitrogens with two attached hydrogens (primary N) is 1. The van der Waals surface area contributed by atoms with E-state index in [2.05, 4.69) is 31.9 Å². The molecule has 0 saturated heterocycles. The minimum Gasteiger partial charge on any atom is -0.489 e. The van der Waals surface area contributed by atoms with E-state index in [-0.39, 0.29) is 5.56 Å². The van der Waals surface area contributed by atoms with Crippen LogP contribution in [0.1, 0.15) is 0 Å². The van der Waals surface area contributed by atoms with Gasteiger partial charge in [0.25, 0.3) is 5.56 Å². The van der Waals surface area contributed by atoms with Crippen molar-refractivity contribution in [3.05, 3.63) is 55.8 Å². The van der Waals surface area contributed by atoms with E-state index >= 15 is 0 Å². The molecule has 0 aliphatic rings. The van der Waals surface area contributed by atoms with Gasteiger partial charge in [0.2, 0.25) is 0 Å². The van der Waals surface area contributed by atoms with Crippen molar-refractivity contribution in [1.82, 2.24) is 4.57 Å². The predicted octanol–water partition coefficient (Wildman–Crippen LogP) is 3.03.